The van der Waals surface area contributed by atoms with Crippen LogP contribution in [0.25, 0.3) is 6.08 Å². The van der Waals surface area contributed by atoms with Gasteiger partial charge in [-0.3, -0.25) is 14.5 Å². The Labute approximate surface area is 185 Å². The minimum absolute atomic E-state index is 0.0702. The Hall–Kier alpha value is -2.87. The van der Waals surface area contributed by atoms with Crippen LogP contribution in [0.2, 0.25) is 0 Å². The molecule has 164 valence electrons. The first-order valence-corrected chi connectivity index (χ1v) is 11.5. The quantitative estimate of drug-likeness (QED) is 0.297. The molecular formula is C26H32N2O3. The number of rotatable bonds is 9. The number of hydrogen-bond donors (Lipinski definition) is 0. The van der Waals surface area contributed by atoms with Gasteiger partial charge in [0.15, 0.2) is 0 Å². The molecule has 0 N–H and O–H groups in total. The smallest absolute Gasteiger partial charge is 0.271 e. The van der Waals surface area contributed by atoms with Crippen LogP contribution in [-0.2, 0) is 9.59 Å². The molecule has 1 aliphatic carbocycles. The molecule has 1 aromatic carbocycles. The molecule has 1 fully saturated rings. The van der Waals surface area contributed by atoms with Crippen molar-refractivity contribution in [1.82, 2.24) is 4.90 Å². The molecule has 1 saturated carbocycles. The highest BCUT2D eigenvalue weighted by Crippen LogP contribution is 2.33. The van der Waals surface area contributed by atoms with E-state index in [1.807, 2.05) is 30.3 Å². The Morgan fingerprint density at radius 3 is 2.39 bits per heavy atom. The molecule has 5 nitrogen and oxygen atoms in total. The zero-order valence-corrected chi connectivity index (χ0v) is 18.7. The van der Waals surface area contributed by atoms with Gasteiger partial charge >= 0.3 is 0 Å². The van der Waals surface area contributed by atoms with Crippen LogP contribution < -0.4 is 4.74 Å². The summed E-state index contributed by atoms with van der Waals surface area (Å²) in [5.74, 6) is 0.0675. The fourth-order valence-corrected chi connectivity index (χ4v) is 4.32. The molecule has 0 unspecified atom stereocenters. The molecule has 0 atom stereocenters. The summed E-state index contributed by atoms with van der Waals surface area (Å²) in [7, 11) is 0. The number of hydrogen-bond acceptors (Lipinski definition) is 4. The Bertz CT molecular complexity index is 900. The normalized spacial score (nSPS) is 18.7. The van der Waals surface area contributed by atoms with Crippen molar-refractivity contribution in [3.05, 3.63) is 46.5 Å². The number of amides is 2. The van der Waals surface area contributed by atoms with Crippen molar-refractivity contribution in [2.24, 2.45) is 0 Å². The van der Waals surface area contributed by atoms with Gasteiger partial charge in [0.05, 0.1) is 6.61 Å². The molecule has 1 heterocycles. The zero-order chi connectivity index (χ0) is 22.2. The molecule has 31 heavy (non-hydrogen) atoms. The van der Waals surface area contributed by atoms with E-state index in [2.05, 4.69) is 6.92 Å². The summed E-state index contributed by atoms with van der Waals surface area (Å²) in [5, 5.41) is 9.54. The summed E-state index contributed by atoms with van der Waals surface area (Å²) < 4.78 is 5.81. The molecule has 0 saturated heterocycles. The van der Waals surface area contributed by atoms with E-state index in [4.69, 9.17) is 4.74 Å². The average Bonchev–Trinajstić information content (AvgIpc) is 3.29. The molecule has 0 bridgehead atoms. The van der Waals surface area contributed by atoms with Gasteiger partial charge in [0.25, 0.3) is 11.8 Å². The van der Waals surface area contributed by atoms with E-state index in [9.17, 15) is 14.9 Å². The Morgan fingerprint density at radius 2 is 1.74 bits per heavy atom. The lowest BCUT2D eigenvalue weighted by Gasteiger charge is -2.32. The van der Waals surface area contributed by atoms with E-state index in [1.165, 1.54) is 30.6 Å². The van der Waals surface area contributed by atoms with E-state index in [0.29, 0.717) is 17.8 Å². The second-order valence-corrected chi connectivity index (χ2v) is 8.42. The van der Waals surface area contributed by atoms with Gasteiger partial charge in [0.1, 0.15) is 17.4 Å². The van der Waals surface area contributed by atoms with E-state index in [-0.39, 0.29) is 17.5 Å². The fourth-order valence-electron chi connectivity index (χ4n) is 4.32. The first-order chi connectivity index (χ1) is 15.1. The lowest BCUT2D eigenvalue weighted by molar-refractivity contribution is -0.143. The number of nitrogens with zero attached hydrogens (tertiary/aromatic N) is 2. The Kier molecular flexibility index (Phi) is 8.06. The number of ether oxygens (including phenoxy) is 1. The van der Waals surface area contributed by atoms with Gasteiger partial charge < -0.3 is 4.74 Å². The third kappa shape index (κ3) is 5.44. The number of carbonyl (C=O) groups is 2. The van der Waals surface area contributed by atoms with Gasteiger partial charge in [0, 0.05) is 11.6 Å². The highest BCUT2D eigenvalue weighted by atomic mass is 16.5. The van der Waals surface area contributed by atoms with Crippen LogP contribution in [0.5, 0.6) is 5.75 Å². The number of nitriles is 1. The topological polar surface area (TPSA) is 70.4 Å². The lowest BCUT2D eigenvalue weighted by Crippen LogP contribution is -2.47. The van der Waals surface area contributed by atoms with Gasteiger partial charge in [0.2, 0.25) is 0 Å². The third-order valence-corrected chi connectivity index (χ3v) is 6.17. The molecule has 0 spiro atoms. The summed E-state index contributed by atoms with van der Waals surface area (Å²) in [6.07, 6.45) is 11.4. The molecule has 1 aliphatic heterocycles. The number of carbonyl (C=O) groups excluding carboxylic acids is 2. The van der Waals surface area contributed by atoms with Crippen molar-refractivity contribution in [2.75, 3.05) is 6.61 Å². The second kappa shape index (κ2) is 10.9. The molecule has 0 aromatic heterocycles. The van der Waals surface area contributed by atoms with Crippen LogP contribution in [0.3, 0.4) is 0 Å². The highest BCUT2D eigenvalue weighted by Gasteiger charge is 2.40. The molecule has 5 heteroatoms. The van der Waals surface area contributed by atoms with Crippen LogP contribution in [0, 0.1) is 11.3 Å². The molecule has 3 rings (SSSR count). The number of imide groups is 1. The first kappa shape index (κ1) is 22.8. The van der Waals surface area contributed by atoms with Crippen molar-refractivity contribution in [3.8, 4) is 11.8 Å². The van der Waals surface area contributed by atoms with Gasteiger partial charge in [-0.05, 0) is 55.5 Å². The van der Waals surface area contributed by atoms with Crippen LogP contribution in [0.1, 0.15) is 77.2 Å². The van der Waals surface area contributed by atoms with Crippen molar-refractivity contribution in [1.29, 1.82) is 5.26 Å². The highest BCUT2D eigenvalue weighted by molar-refractivity contribution is 6.19. The molecule has 1 aromatic rings. The maximum absolute atomic E-state index is 13.2. The summed E-state index contributed by atoms with van der Waals surface area (Å²) in [6, 6.07) is 9.52. The molecular weight excluding hydrogens is 388 g/mol. The van der Waals surface area contributed by atoms with Crippen LogP contribution >= 0.6 is 0 Å². The maximum atomic E-state index is 13.2. The summed E-state index contributed by atoms with van der Waals surface area (Å²) in [6.45, 7) is 4.59. The summed E-state index contributed by atoms with van der Waals surface area (Å²) in [4.78, 5) is 27.3. The van der Waals surface area contributed by atoms with E-state index >= 15 is 0 Å². The van der Waals surface area contributed by atoms with Crippen LogP contribution in [0.15, 0.2) is 41.0 Å². The van der Waals surface area contributed by atoms with Crippen LogP contribution in [-0.4, -0.2) is 29.4 Å². The standard InChI is InChI=1S/C26H32N2O3/c1-3-4-5-6-9-16-31-22-14-12-20(13-15-22)17-23-19(2)24(18-27)26(30)28(25(23)29)21-10-7-8-11-21/h12-15,17,21H,3-11,16H2,1-2H3/b23-17+. The number of unbranched alkanes of at least 4 members (excludes halogenated alkanes) is 4. The largest absolute Gasteiger partial charge is 0.494 e. The van der Waals surface area contributed by atoms with Crippen molar-refractivity contribution in [3.63, 3.8) is 0 Å². The van der Waals surface area contributed by atoms with Crippen LogP contribution in [0.4, 0.5) is 0 Å². The third-order valence-electron chi connectivity index (χ3n) is 6.17. The van der Waals surface area contributed by atoms with Gasteiger partial charge in [-0.2, -0.15) is 5.26 Å². The Balaban J connectivity index is 1.73. The van der Waals surface area contributed by atoms with Crippen molar-refractivity contribution < 1.29 is 14.3 Å². The monoisotopic (exact) mass is 420 g/mol. The Morgan fingerprint density at radius 1 is 1.06 bits per heavy atom. The summed E-state index contributed by atoms with van der Waals surface area (Å²) in [5.41, 5.74) is 1.79. The zero-order valence-electron chi connectivity index (χ0n) is 18.7. The van der Waals surface area contributed by atoms with Gasteiger partial charge in [-0.15, -0.1) is 0 Å². The first-order valence-electron chi connectivity index (χ1n) is 11.5. The predicted molar refractivity (Wildman–Crippen MR) is 121 cm³/mol. The van der Waals surface area contributed by atoms with Crippen molar-refractivity contribution >= 4 is 17.9 Å². The van der Waals surface area contributed by atoms with E-state index in [1.54, 1.807) is 13.0 Å². The van der Waals surface area contributed by atoms with Gasteiger partial charge in [-0.1, -0.05) is 57.6 Å². The average molecular weight is 421 g/mol. The van der Waals surface area contributed by atoms with Gasteiger partial charge in [-0.25, -0.2) is 0 Å². The summed E-state index contributed by atoms with van der Waals surface area (Å²) >= 11 is 0. The number of benzene rings is 1. The molecule has 2 aliphatic rings. The predicted octanol–water partition coefficient (Wildman–Crippen LogP) is 5.57. The minimum Gasteiger partial charge on any atom is -0.494 e. The maximum Gasteiger partial charge on any atom is 0.271 e. The van der Waals surface area contributed by atoms with Crippen molar-refractivity contribution in [2.45, 2.75) is 77.7 Å². The fraction of sp³-hybridized carbons (Fsp3) is 0.500. The minimum atomic E-state index is -0.447. The second-order valence-electron chi connectivity index (χ2n) is 8.42. The molecule has 0 radical (unpaired) electrons. The molecule has 2 amide bonds. The SMILES string of the molecule is CCCCCCCOc1ccc(/C=C2/C(=O)N(C3CCCC3)C(=O)C(C#N)=C2C)cc1. The van der Waals surface area contributed by atoms with E-state index < -0.39 is 5.91 Å². The van der Waals surface area contributed by atoms with E-state index in [0.717, 1.165) is 43.4 Å². The lowest BCUT2D eigenvalue weighted by atomic mass is 9.92.